The second-order valence-corrected chi connectivity index (χ2v) is 6.24. The first-order valence-electron chi connectivity index (χ1n) is 4.56. The predicted octanol–water partition coefficient (Wildman–Crippen LogP) is 3.48. The minimum absolute atomic E-state index is 0.485. The molecule has 0 N–H and O–H groups in total. The molecule has 0 saturated carbocycles. The Morgan fingerprint density at radius 1 is 1.62 bits per heavy atom. The van der Waals surface area contributed by atoms with Crippen molar-refractivity contribution in [3.8, 4) is 0 Å². The van der Waals surface area contributed by atoms with Gasteiger partial charge in [-0.15, -0.1) is 11.3 Å². The van der Waals surface area contributed by atoms with E-state index in [2.05, 4.69) is 41.9 Å². The van der Waals surface area contributed by atoms with Crippen molar-refractivity contribution in [1.29, 1.82) is 0 Å². The normalized spacial score (nSPS) is 28.8. The molecule has 13 heavy (non-hydrogen) atoms. The fourth-order valence-electron chi connectivity index (χ4n) is 1.69. The summed E-state index contributed by atoms with van der Waals surface area (Å²) in [6, 6.07) is 4.31. The number of rotatable bonds is 3. The van der Waals surface area contributed by atoms with E-state index in [1.165, 1.54) is 8.66 Å². The lowest BCUT2D eigenvalue weighted by Crippen LogP contribution is -2.07. The zero-order valence-corrected chi connectivity index (χ0v) is 10.2. The number of halogens is 1. The molecule has 1 aliphatic heterocycles. The zero-order chi connectivity index (χ0) is 9.42. The fraction of sp³-hybridized carbons (Fsp3) is 0.600. The third-order valence-corrected chi connectivity index (χ3v) is 4.12. The largest absolute Gasteiger partial charge is 0.370 e. The summed E-state index contributed by atoms with van der Waals surface area (Å²) in [6.07, 6.45) is 2.13. The first-order chi connectivity index (χ1) is 6.16. The van der Waals surface area contributed by atoms with E-state index in [-0.39, 0.29) is 0 Å². The minimum Gasteiger partial charge on any atom is -0.370 e. The molecule has 3 atom stereocenters. The number of thiophene rings is 1. The average Bonchev–Trinajstić information content (AvgIpc) is 2.66. The second-order valence-electron chi connectivity index (χ2n) is 3.69. The van der Waals surface area contributed by atoms with Crippen molar-refractivity contribution in [1.82, 2.24) is 0 Å². The van der Waals surface area contributed by atoms with Crippen LogP contribution in [0.15, 0.2) is 15.9 Å². The van der Waals surface area contributed by atoms with Crippen molar-refractivity contribution >= 4 is 27.3 Å². The van der Waals surface area contributed by atoms with E-state index in [0.717, 1.165) is 6.42 Å². The van der Waals surface area contributed by atoms with Crippen molar-refractivity contribution in [2.24, 2.45) is 5.92 Å². The number of hydrogen-bond donors (Lipinski definition) is 0. The highest BCUT2D eigenvalue weighted by molar-refractivity contribution is 9.11. The van der Waals surface area contributed by atoms with Crippen molar-refractivity contribution in [2.75, 3.05) is 0 Å². The highest BCUT2D eigenvalue weighted by Gasteiger charge is 2.38. The summed E-state index contributed by atoms with van der Waals surface area (Å²) in [5.74, 6) is 0.653. The van der Waals surface area contributed by atoms with E-state index in [1.807, 2.05) is 11.3 Å². The lowest BCUT2D eigenvalue weighted by molar-refractivity contribution is 0.329. The first-order valence-corrected chi connectivity index (χ1v) is 6.17. The van der Waals surface area contributed by atoms with Crippen LogP contribution in [0.3, 0.4) is 0 Å². The van der Waals surface area contributed by atoms with Crippen molar-refractivity contribution < 1.29 is 4.74 Å². The van der Waals surface area contributed by atoms with Crippen molar-refractivity contribution in [2.45, 2.75) is 32.5 Å². The van der Waals surface area contributed by atoms with Crippen LogP contribution in [0.5, 0.6) is 0 Å². The summed E-state index contributed by atoms with van der Waals surface area (Å²) in [6.45, 7) is 4.41. The van der Waals surface area contributed by atoms with Gasteiger partial charge in [-0.2, -0.15) is 0 Å². The number of ether oxygens (including phenoxy) is 1. The van der Waals surface area contributed by atoms with Gasteiger partial charge in [0, 0.05) is 4.88 Å². The Morgan fingerprint density at radius 3 is 2.77 bits per heavy atom. The van der Waals surface area contributed by atoms with Crippen molar-refractivity contribution in [3.63, 3.8) is 0 Å². The van der Waals surface area contributed by atoms with Crippen LogP contribution in [0.4, 0.5) is 0 Å². The molecular formula is C10H13BrOS. The molecule has 3 unspecified atom stereocenters. The SMILES string of the molecule is CC(Cc1ccc(Br)s1)C1OC1C. The van der Waals surface area contributed by atoms with E-state index < -0.39 is 0 Å². The van der Waals surface area contributed by atoms with Gasteiger partial charge in [-0.25, -0.2) is 0 Å². The summed E-state index contributed by atoms with van der Waals surface area (Å²) in [4.78, 5) is 1.45. The van der Waals surface area contributed by atoms with Crippen LogP contribution in [0.1, 0.15) is 18.7 Å². The molecule has 1 nitrogen and oxygen atoms in total. The average molecular weight is 261 g/mol. The van der Waals surface area contributed by atoms with Gasteiger partial charge in [0.2, 0.25) is 0 Å². The molecule has 72 valence electrons. The third-order valence-electron chi connectivity index (χ3n) is 2.47. The molecule has 0 spiro atoms. The van der Waals surface area contributed by atoms with E-state index in [0.29, 0.717) is 18.1 Å². The van der Waals surface area contributed by atoms with Gasteiger partial charge in [0.25, 0.3) is 0 Å². The lowest BCUT2D eigenvalue weighted by Gasteiger charge is -2.04. The molecule has 0 amide bonds. The van der Waals surface area contributed by atoms with E-state index in [9.17, 15) is 0 Å². The highest BCUT2D eigenvalue weighted by Crippen LogP contribution is 2.33. The molecule has 0 aliphatic carbocycles. The quantitative estimate of drug-likeness (QED) is 0.759. The van der Waals surface area contributed by atoms with Gasteiger partial charge in [0.15, 0.2) is 0 Å². The molecule has 1 aromatic heterocycles. The second kappa shape index (κ2) is 3.71. The van der Waals surface area contributed by atoms with Gasteiger partial charge in [-0.3, -0.25) is 0 Å². The molecule has 1 saturated heterocycles. The summed E-state index contributed by atoms with van der Waals surface area (Å²) < 4.78 is 6.67. The van der Waals surface area contributed by atoms with Gasteiger partial charge in [0.1, 0.15) is 0 Å². The molecular weight excluding hydrogens is 248 g/mol. The molecule has 0 radical (unpaired) electrons. The van der Waals surface area contributed by atoms with Gasteiger partial charge < -0.3 is 4.74 Å². The molecule has 0 aromatic carbocycles. The van der Waals surface area contributed by atoms with E-state index in [1.54, 1.807) is 0 Å². The Kier molecular flexibility index (Phi) is 2.77. The maximum atomic E-state index is 5.45. The Hall–Kier alpha value is 0.140. The van der Waals surface area contributed by atoms with Crippen LogP contribution < -0.4 is 0 Å². The monoisotopic (exact) mass is 260 g/mol. The van der Waals surface area contributed by atoms with Crippen LogP contribution >= 0.6 is 27.3 Å². The first kappa shape index (κ1) is 9.69. The maximum absolute atomic E-state index is 5.45. The standard InChI is InChI=1S/C10H13BrOS/c1-6(10-7(2)12-10)5-8-3-4-9(11)13-8/h3-4,6-7,10H,5H2,1-2H3. The summed E-state index contributed by atoms with van der Waals surface area (Å²) in [7, 11) is 0. The fourth-order valence-corrected chi connectivity index (χ4v) is 3.32. The Bertz CT molecular complexity index is 297. The van der Waals surface area contributed by atoms with Crippen LogP contribution in [-0.2, 0) is 11.2 Å². The van der Waals surface area contributed by atoms with Crippen LogP contribution in [0, 0.1) is 5.92 Å². The molecule has 3 heteroatoms. The summed E-state index contributed by atoms with van der Waals surface area (Å²) in [5, 5.41) is 0. The van der Waals surface area contributed by atoms with Crippen LogP contribution in [0.2, 0.25) is 0 Å². The predicted molar refractivity (Wildman–Crippen MR) is 59.2 cm³/mol. The van der Waals surface area contributed by atoms with Gasteiger partial charge >= 0.3 is 0 Å². The molecule has 0 bridgehead atoms. The minimum atomic E-state index is 0.485. The van der Waals surface area contributed by atoms with Crippen molar-refractivity contribution in [3.05, 3.63) is 20.8 Å². The molecule has 2 rings (SSSR count). The molecule has 1 aliphatic rings. The van der Waals surface area contributed by atoms with E-state index in [4.69, 9.17) is 4.74 Å². The topological polar surface area (TPSA) is 12.5 Å². The van der Waals surface area contributed by atoms with Gasteiger partial charge in [-0.1, -0.05) is 6.92 Å². The third kappa shape index (κ3) is 2.33. The van der Waals surface area contributed by atoms with Gasteiger partial charge in [-0.05, 0) is 47.3 Å². The number of epoxide rings is 1. The lowest BCUT2D eigenvalue weighted by atomic mass is 10.0. The Labute approximate surface area is 91.2 Å². The molecule has 1 aromatic rings. The maximum Gasteiger partial charge on any atom is 0.0867 e. The summed E-state index contributed by atoms with van der Waals surface area (Å²) in [5.41, 5.74) is 0. The smallest absolute Gasteiger partial charge is 0.0867 e. The van der Waals surface area contributed by atoms with Gasteiger partial charge in [0.05, 0.1) is 16.0 Å². The van der Waals surface area contributed by atoms with E-state index >= 15 is 0 Å². The zero-order valence-electron chi connectivity index (χ0n) is 7.79. The Morgan fingerprint density at radius 2 is 2.31 bits per heavy atom. The van der Waals surface area contributed by atoms with Crippen LogP contribution in [0.25, 0.3) is 0 Å². The van der Waals surface area contributed by atoms with Crippen LogP contribution in [-0.4, -0.2) is 12.2 Å². The number of hydrogen-bond acceptors (Lipinski definition) is 2. The molecule has 1 fully saturated rings. The summed E-state index contributed by atoms with van der Waals surface area (Å²) >= 11 is 5.30. The highest BCUT2D eigenvalue weighted by atomic mass is 79.9. The Balaban J connectivity index is 1.91. The molecule has 2 heterocycles.